The van der Waals surface area contributed by atoms with Crippen LogP contribution >= 0.6 is 11.6 Å². The summed E-state index contributed by atoms with van der Waals surface area (Å²) in [4.78, 5) is 11.0. The summed E-state index contributed by atoms with van der Waals surface area (Å²) in [5.41, 5.74) is 0.150. The molecule has 0 aliphatic rings. The van der Waals surface area contributed by atoms with E-state index in [4.69, 9.17) is 16.7 Å². The molecular weight excluding hydrogens is 284 g/mol. The van der Waals surface area contributed by atoms with Crippen molar-refractivity contribution in [3.8, 4) is 11.5 Å². The minimum atomic E-state index is -1.13. The number of nitrogens with zero attached hydrogens (tertiary/aromatic N) is 2. The maximum atomic E-state index is 11.0. The highest BCUT2D eigenvalue weighted by Crippen LogP contribution is 2.37. The number of aromatic hydroxyl groups is 2. The van der Waals surface area contributed by atoms with E-state index in [9.17, 15) is 15.0 Å². The molecule has 3 N–H and O–H groups in total. The van der Waals surface area contributed by atoms with Crippen LogP contribution in [-0.2, 0) is 0 Å². The minimum absolute atomic E-state index is 0.00303. The number of aromatic carboxylic acids is 1. The van der Waals surface area contributed by atoms with Crippen LogP contribution in [0.15, 0.2) is 46.6 Å². The molecule has 0 unspecified atom stereocenters. The van der Waals surface area contributed by atoms with Gasteiger partial charge in [-0.25, -0.2) is 4.79 Å². The van der Waals surface area contributed by atoms with Crippen molar-refractivity contribution in [3.05, 3.63) is 47.0 Å². The lowest BCUT2D eigenvalue weighted by Crippen LogP contribution is -1.95. The molecule has 2 aromatic rings. The standard InChI is InChI=1S/C13H9ClN2O4/c14-8-5-10(12(18)6-11(8)17)16-15-9-4-2-1-3-7(9)13(19)20/h1-6,17-18H,(H,19,20). The molecule has 0 bridgehead atoms. The van der Waals surface area contributed by atoms with Crippen LogP contribution in [0.4, 0.5) is 11.4 Å². The Balaban J connectivity index is 2.40. The van der Waals surface area contributed by atoms with Crippen LogP contribution in [0.5, 0.6) is 11.5 Å². The van der Waals surface area contributed by atoms with E-state index in [1.807, 2.05) is 0 Å². The lowest BCUT2D eigenvalue weighted by Gasteiger charge is -2.02. The molecule has 0 fully saturated rings. The van der Waals surface area contributed by atoms with Gasteiger partial charge in [0.15, 0.2) is 0 Å². The first kappa shape index (κ1) is 13.8. The van der Waals surface area contributed by atoms with E-state index < -0.39 is 5.97 Å². The fraction of sp³-hybridized carbons (Fsp3) is 0. The Kier molecular flexibility index (Phi) is 3.86. The van der Waals surface area contributed by atoms with Crippen molar-refractivity contribution in [2.45, 2.75) is 0 Å². The molecule has 2 rings (SSSR count). The van der Waals surface area contributed by atoms with Crippen LogP contribution in [0.3, 0.4) is 0 Å². The van der Waals surface area contributed by atoms with Gasteiger partial charge in [0, 0.05) is 6.07 Å². The zero-order chi connectivity index (χ0) is 14.7. The molecule has 0 radical (unpaired) electrons. The molecule has 20 heavy (non-hydrogen) atoms. The van der Waals surface area contributed by atoms with Crippen molar-refractivity contribution in [2.24, 2.45) is 10.2 Å². The number of phenolic OH excluding ortho intramolecular Hbond substituents is 2. The van der Waals surface area contributed by atoms with E-state index in [0.29, 0.717) is 0 Å². The summed E-state index contributed by atoms with van der Waals surface area (Å²) in [5, 5.41) is 35.4. The highest BCUT2D eigenvalue weighted by Gasteiger charge is 2.10. The zero-order valence-electron chi connectivity index (χ0n) is 9.99. The highest BCUT2D eigenvalue weighted by atomic mass is 35.5. The van der Waals surface area contributed by atoms with Crippen molar-refractivity contribution in [3.63, 3.8) is 0 Å². The monoisotopic (exact) mass is 292 g/mol. The van der Waals surface area contributed by atoms with Crippen LogP contribution in [0.1, 0.15) is 10.4 Å². The van der Waals surface area contributed by atoms with E-state index in [2.05, 4.69) is 10.2 Å². The third-order valence-corrected chi connectivity index (χ3v) is 2.75. The second-order valence-electron chi connectivity index (χ2n) is 3.81. The fourth-order valence-corrected chi connectivity index (χ4v) is 1.63. The van der Waals surface area contributed by atoms with E-state index in [1.165, 1.54) is 18.2 Å². The third kappa shape index (κ3) is 2.86. The summed E-state index contributed by atoms with van der Waals surface area (Å²) in [7, 11) is 0. The number of azo groups is 1. The summed E-state index contributed by atoms with van der Waals surface area (Å²) < 4.78 is 0. The van der Waals surface area contributed by atoms with Gasteiger partial charge in [-0.15, -0.1) is 10.2 Å². The van der Waals surface area contributed by atoms with E-state index >= 15 is 0 Å². The minimum Gasteiger partial charge on any atom is -0.506 e. The van der Waals surface area contributed by atoms with Gasteiger partial charge in [-0.1, -0.05) is 23.7 Å². The molecule has 6 nitrogen and oxygen atoms in total. The molecule has 0 aliphatic carbocycles. The summed E-state index contributed by atoms with van der Waals surface area (Å²) in [6.07, 6.45) is 0. The third-order valence-electron chi connectivity index (χ3n) is 2.44. The second kappa shape index (κ2) is 5.58. The normalized spacial score (nSPS) is 10.8. The summed E-state index contributed by atoms with van der Waals surface area (Å²) in [5.74, 6) is -1.73. The predicted molar refractivity (Wildman–Crippen MR) is 72.4 cm³/mol. The first-order valence-corrected chi connectivity index (χ1v) is 5.82. The number of hydrogen-bond donors (Lipinski definition) is 3. The molecule has 0 atom stereocenters. The molecule has 0 aromatic heterocycles. The average molecular weight is 293 g/mol. The number of rotatable bonds is 3. The zero-order valence-corrected chi connectivity index (χ0v) is 10.7. The number of carbonyl (C=O) groups is 1. The lowest BCUT2D eigenvalue weighted by atomic mass is 10.2. The topological polar surface area (TPSA) is 102 Å². The number of hydrogen-bond acceptors (Lipinski definition) is 5. The lowest BCUT2D eigenvalue weighted by molar-refractivity contribution is 0.0697. The number of halogens is 1. The first-order chi connectivity index (χ1) is 9.49. The van der Waals surface area contributed by atoms with Crippen LogP contribution in [0, 0.1) is 0 Å². The van der Waals surface area contributed by atoms with Crippen molar-refractivity contribution >= 4 is 28.9 Å². The van der Waals surface area contributed by atoms with Gasteiger partial charge in [-0.2, -0.15) is 0 Å². The molecular formula is C13H9ClN2O4. The van der Waals surface area contributed by atoms with Gasteiger partial charge in [0.1, 0.15) is 22.9 Å². The van der Waals surface area contributed by atoms with Crippen molar-refractivity contribution < 1.29 is 20.1 Å². The number of benzene rings is 2. The Morgan fingerprint density at radius 1 is 1.00 bits per heavy atom. The SMILES string of the molecule is O=C(O)c1ccccc1N=Nc1cc(Cl)c(O)cc1O. The van der Waals surface area contributed by atoms with Gasteiger partial charge in [0.05, 0.1) is 10.6 Å². The smallest absolute Gasteiger partial charge is 0.337 e. The van der Waals surface area contributed by atoms with Gasteiger partial charge in [-0.3, -0.25) is 0 Å². The molecule has 0 saturated carbocycles. The van der Waals surface area contributed by atoms with E-state index in [-0.39, 0.29) is 33.5 Å². The molecule has 2 aromatic carbocycles. The number of phenols is 2. The summed E-state index contributed by atoms with van der Waals surface area (Å²) in [6, 6.07) is 8.30. The first-order valence-electron chi connectivity index (χ1n) is 5.44. The molecule has 0 saturated heterocycles. The highest BCUT2D eigenvalue weighted by molar-refractivity contribution is 6.32. The van der Waals surface area contributed by atoms with Crippen molar-refractivity contribution in [1.82, 2.24) is 0 Å². The van der Waals surface area contributed by atoms with Gasteiger partial charge in [0.2, 0.25) is 0 Å². The van der Waals surface area contributed by atoms with Crippen LogP contribution in [0.2, 0.25) is 5.02 Å². The number of carboxylic acid groups (broad SMARTS) is 1. The largest absolute Gasteiger partial charge is 0.506 e. The fourth-order valence-electron chi connectivity index (χ4n) is 1.47. The maximum absolute atomic E-state index is 11.0. The van der Waals surface area contributed by atoms with Gasteiger partial charge >= 0.3 is 5.97 Å². The quantitative estimate of drug-likeness (QED) is 0.747. The summed E-state index contributed by atoms with van der Waals surface area (Å²) >= 11 is 5.69. The van der Waals surface area contributed by atoms with Gasteiger partial charge < -0.3 is 15.3 Å². The molecule has 0 spiro atoms. The van der Waals surface area contributed by atoms with Gasteiger partial charge in [-0.05, 0) is 18.2 Å². The average Bonchev–Trinajstić information content (AvgIpc) is 2.41. The summed E-state index contributed by atoms with van der Waals surface area (Å²) in [6.45, 7) is 0. The number of carboxylic acids is 1. The predicted octanol–water partition coefficient (Wildman–Crippen LogP) is 3.86. The molecule has 102 valence electrons. The Morgan fingerprint density at radius 2 is 1.65 bits per heavy atom. The second-order valence-corrected chi connectivity index (χ2v) is 4.22. The Bertz CT molecular complexity index is 701. The van der Waals surface area contributed by atoms with Crippen molar-refractivity contribution in [2.75, 3.05) is 0 Å². The van der Waals surface area contributed by atoms with Crippen LogP contribution in [0.25, 0.3) is 0 Å². The molecule has 0 heterocycles. The molecule has 0 amide bonds. The van der Waals surface area contributed by atoms with Crippen LogP contribution in [-0.4, -0.2) is 21.3 Å². The Labute approximate surface area is 118 Å². The molecule has 7 heteroatoms. The Morgan fingerprint density at radius 3 is 2.35 bits per heavy atom. The van der Waals surface area contributed by atoms with E-state index in [1.54, 1.807) is 12.1 Å². The Hall–Kier alpha value is -2.60. The van der Waals surface area contributed by atoms with Crippen LogP contribution < -0.4 is 0 Å². The van der Waals surface area contributed by atoms with Crippen molar-refractivity contribution in [1.29, 1.82) is 0 Å². The van der Waals surface area contributed by atoms with Gasteiger partial charge in [0.25, 0.3) is 0 Å². The maximum Gasteiger partial charge on any atom is 0.337 e. The molecule has 0 aliphatic heterocycles. The van der Waals surface area contributed by atoms with E-state index in [0.717, 1.165) is 6.07 Å².